The van der Waals surface area contributed by atoms with Crippen LogP contribution in [0.5, 0.6) is 0 Å². The fraction of sp³-hybridized carbons (Fsp3) is 0.350. The topological polar surface area (TPSA) is 100 Å². The van der Waals surface area contributed by atoms with E-state index in [0.29, 0.717) is 29.8 Å². The number of nitrogens with one attached hydrogen (secondary N) is 3. The number of aromatic nitrogens is 1. The minimum Gasteiger partial charge on any atom is -0.368 e. The molecule has 1 aliphatic rings. The molecular weight excluding hydrogens is 346 g/mol. The van der Waals surface area contributed by atoms with Crippen LogP contribution >= 0.6 is 0 Å². The van der Waals surface area contributed by atoms with Crippen molar-refractivity contribution in [1.82, 2.24) is 10.3 Å². The number of hydrogen-bond acceptors (Lipinski definition) is 4. The molecule has 142 valence electrons. The first-order valence-corrected chi connectivity index (χ1v) is 8.94. The summed E-state index contributed by atoms with van der Waals surface area (Å²) < 4.78 is 5.36. The van der Waals surface area contributed by atoms with Crippen LogP contribution in [0, 0.1) is 13.8 Å². The number of ether oxygens (including phenoxy) is 1. The van der Waals surface area contributed by atoms with E-state index >= 15 is 0 Å². The van der Waals surface area contributed by atoms with Gasteiger partial charge in [0.15, 0.2) is 0 Å². The van der Waals surface area contributed by atoms with Crippen molar-refractivity contribution >= 4 is 17.5 Å². The SMILES string of the molecule is Cc1cc(C)c(CNC(=O)c2cccc(NC(=O)C3CCCO3)c2)c(=O)[nH]1. The Morgan fingerprint density at radius 3 is 2.78 bits per heavy atom. The molecule has 27 heavy (non-hydrogen) atoms. The second-order valence-electron chi connectivity index (χ2n) is 6.70. The fourth-order valence-electron chi connectivity index (χ4n) is 3.12. The van der Waals surface area contributed by atoms with E-state index in [1.54, 1.807) is 24.3 Å². The van der Waals surface area contributed by atoms with Crippen molar-refractivity contribution in [1.29, 1.82) is 0 Å². The lowest BCUT2D eigenvalue weighted by molar-refractivity contribution is -0.124. The third-order valence-electron chi connectivity index (χ3n) is 4.53. The van der Waals surface area contributed by atoms with Crippen LogP contribution in [-0.2, 0) is 16.1 Å². The maximum absolute atomic E-state index is 12.4. The van der Waals surface area contributed by atoms with Crippen molar-refractivity contribution in [2.24, 2.45) is 0 Å². The van der Waals surface area contributed by atoms with E-state index in [1.165, 1.54) is 0 Å². The second kappa shape index (κ2) is 8.18. The van der Waals surface area contributed by atoms with Crippen molar-refractivity contribution in [3.63, 3.8) is 0 Å². The summed E-state index contributed by atoms with van der Waals surface area (Å²) in [5.41, 5.74) is 2.87. The van der Waals surface area contributed by atoms with Gasteiger partial charge in [-0.15, -0.1) is 0 Å². The van der Waals surface area contributed by atoms with E-state index in [2.05, 4.69) is 15.6 Å². The minimum absolute atomic E-state index is 0.132. The molecule has 0 aliphatic carbocycles. The highest BCUT2D eigenvalue weighted by molar-refractivity contribution is 5.98. The van der Waals surface area contributed by atoms with Gasteiger partial charge in [-0.3, -0.25) is 14.4 Å². The van der Waals surface area contributed by atoms with E-state index in [1.807, 2.05) is 19.9 Å². The smallest absolute Gasteiger partial charge is 0.253 e. The summed E-state index contributed by atoms with van der Waals surface area (Å²) in [6.45, 7) is 4.38. The van der Waals surface area contributed by atoms with E-state index in [-0.39, 0.29) is 23.9 Å². The number of rotatable bonds is 5. The van der Waals surface area contributed by atoms with Crippen molar-refractivity contribution < 1.29 is 14.3 Å². The van der Waals surface area contributed by atoms with Crippen molar-refractivity contribution in [2.75, 3.05) is 11.9 Å². The maximum atomic E-state index is 12.4. The Bertz CT molecular complexity index is 914. The molecule has 1 aromatic heterocycles. The van der Waals surface area contributed by atoms with Gasteiger partial charge in [0.25, 0.3) is 17.4 Å². The molecule has 0 radical (unpaired) electrons. The first-order valence-electron chi connectivity index (χ1n) is 8.94. The number of aryl methyl sites for hydroxylation is 2. The van der Waals surface area contributed by atoms with Crippen LogP contribution in [0.3, 0.4) is 0 Å². The molecule has 1 fully saturated rings. The van der Waals surface area contributed by atoms with Gasteiger partial charge in [0.1, 0.15) is 6.10 Å². The predicted molar refractivity (Wildman–Crippen MR) is 102 cm³/mol. The van der Waals surface area contributed by atoms with Crippen LogP contribution in [0.4, 0.5) is 5.69 Å². The number of carbonyl (C=O) groups is 2. The molecule has 3 rings (SSSR count). The molecule has 7 heteroatoms. The average Bonchev–Trinajstić information content (AvgIpc) is 3.15. The van der Waals surface area contributed by atoms with Gasteiger partial charge >= 0.3 is 0 Å². The van der Waals surface area contributed by atoms with E-state index in [0.717, 1.165) is 17.7 Å². The summed E-state index contributed by atoms with van der Waals surface area (Å²) in [6, 6.07) is 8.55. The monoisotopic (exact) mass is 369 g/mol. The number of hydrogen-bond donors (Lipinski definition) is 3. The number of benzene rings is 1. The zero-order valence-electron chi connectivity index (χ0n) is 15.4. The molecule has 1 atom stereocenters. The molecule has 2 heterocycles. The third-order valence-corrected chi connectivity index (χ3v) is 4.53. The average molecular weight is 369 g/mol. The van der Waals surface area contributed by atoms with Crippen LogP contribution in [0.2, 0.25) is 0 Å². The summed E-state index contributed by atoms with van der Waals surface area (Å²) in [7, 11) is 0. The Hall–Kier alpha value is -2.93. The first kappa shape index (κ1) is 18.8. The largest absolute Gasteiger partial charge is 0.368 e. The summed E-state index contributed by atoms with van der Waals surface area (Å²) >= 11 is 0. The molecule has 7 nitrogen and oxygen atoms in total. The molecular formula is C20H23N3O4. The Balaban J connectivity index is 1.65. The molecule has 2 aromatic rings. The highest BCUT2D eigenvalue weighted by Crippen LogP contribution is 2.16. The minimum atomic E-state index is -0.432. The third kappa shape index (κ3) is 4.62. The second-order valence-corrected chi connectivity index (χ2v) is 6.70. The Morgan fingerprint density at radius 2 is 2.07 bits per heavy atom. The summed E-state index contributed by atoms with van der Waals surface area (Å²) in [5.74, 6) is -0.519. The first-order chi connectivity index (χ1) is 12.9. The molecule has 1 unspecified atom stereocenters. The number of carbonyl (C=O) groups excluding carboxylic acids is 2. The van der Waals surface area contributed by atoms with Crippen LogP contribution in [0.1, 0.15) is 40.0 Å². The van der Waals surface area contributed by atoms with Gasteiger partial charge in [0, 0.05) is 35.7 Å². The van der Waals surface area contributed by atoms with Gasteiger partial charge in [-0.25, -0.2) is 0 Å². The summed E-state index contributed by atoms with van der Waals surface area (Å²) in [6.07, 6.45) is 1.15. The van der Waals surface area contributed by atoms with Crippen LogP contribution < -0.4 is 16.2 Å². The van der Waals surface area contributed by atoms with Crippen LogP contribution in [-0.4, -0.2) is 29.5 Å². The van der Waals surface area contributed by atoms with E-state index < -0.39 is 6.10 Å². The molecule has 1 aromatic carbocycles. The zero-order chi connectivity index (χ0) is 19.4. The van der Waals surface area contributed by atoms with Crippen LogP contribution in [0.15, 0.2) is 35.1 Å². The highest BCUT2D eigenvalue weighted by Gasteiger charge is 2.23. The number of pyridine rings is 1. The molecule has 0 spiro atoms. The van der Waals surface area contributed by atoms with Gasteiger partial charge in [-0.1, -0.05) is 6.07 Å². The van der Waals surface area contributed by atoms with Gasteiger partial charge in [0.05, 0.1) is 0 Å². The standard InChI is InChI=1S/C20H23N3O4/c1-12-9-13(2)22-19(25)16(12)11-21-18(24)14-5-3-6-15(10-14)23-20(26)17-7-4-8-27-17/h3,5-6,9-10,17H,4,7-8,11H2,1-2H3,(H,21,24)(H,22,25)(H,23,26). The lowest BCUT2D eigenvalue weighted by Gasteiger charge is -2.12. The molecule has 0 saturated carbocycles. The summed E-state index contributed by atoms with van der Waals surface area (Å²) in [4.78, 5) is 39.4. The zero-order valence-corrected chi connectivity index (χ0v) is 15.4. The van der Waals surface area contributed by atoms with Crippen molar-refractivity contribution in [3.8, 4) is 0 Å². The lowest BCUT2D eigenvalue weighted by Crippen LogP contribution is -2.28. The number of aromatic amines is 1. The Morgan fingerprint density at radius 1 is 1.26 bits per heavy atom. The predicted octanol–water partition coefficient (Wildman–Crippen LogP) is 2.04. The van der Waals surface area contributed by atoms with E-state index in [4.69, 9.17) is 4.74 Å². The lowest BCUT2D eigenvalue weighted by atomic mass is 10.1. The normalized spacial score (nSPS) is 16.1. The number of H-pyrrole nitrogens is 1. The summed E-state index contributed by atoms with van der Waals surface area (Å²) in [5, 5.41) is 5.53. The molecule has 2 amide bonds. The number of amides is 2. The maximum Gasteiger partial charge on any atom is 0.253 e. The van der Waals surface area contributed by atoms with Gasteiger partial charge in [-0.2, -0.15) is 0 Å². The molecule has 3 N–H and O–H groups in total. The highest BCUT2D eigenvalue weighted by atomic mass is 16.5. The van der Waals surface area contributed by atoms with Gasteiger partial charge < -0.3 is 20.4 Å². The molecule has 1 saturated heterocycles. The molecule has 0 bridgehead atoms. The Labute approximate surface area is 157 Å². The Kier molecular flexibility index (Phi) is 5.71. The quantitative estimate of drug-likeness (QED) is 0.751. The van der Waals surface area contributed by atoms with Crippen molar-refractivity contribution in [2.45, 2.75) is 39.3 Å². The molecule has 1 aliphatic heterocycles. The van der Waals surface area contributed by atoms with E-state index in [9.17, 15) is 14.4 Å². The van der Waals surface area contributed by atoms with Crippen molar-refractivity contribution in [3.05, 3.63) is 63.1 Å². The number of anilines is 1. The fourth-order valence-corrected chi connectivity index (χ4v) is 3.12. The van der Waals surface area contributed by atoms with Gasteiger partial charge in [-0.05, 0) is 56.5 Å². The van der Waals surface area contributed by atoms with Crippen LogP contribution in [0.25, 0.3) is 0 Å². The van der Waals surface area contributed by atoms with Gasteiger partial charge in [0.2, 0.25) is 0 Å².